The normalized spacial score (nSPS) is 12.3. The van der Waals surface area contributed by atoms with Crippen LogP contribution < -0.4 is 10.1 Å². The number of methoxy groups -OCH3 is 1. The molecule has 0 heterocycles. The van der Waals surface area contributed by atoms with Crippen LogP contribution in [0.4, 0.5) is 0 Å². The van der Waals surface area contributed by atoms with Gasteiger partial charge in [0.2, 0.25) is 0 Å². The Balaban J connectivity index is 1.76. The molecule has 2 rings (SSSR count). The number of nitrogens with zero attached hydrogens (tertiary/aromatic N) is 1. The average molecular weight is 328 g/mol. The van der Waals surface area contributed by atoms with Gasteiger partial charge < -0.3 is 20.1 Å². The Morgan fingerprint density at radius 1 is 1.08 bits per heavy atom. The molecule has 2 N–H and O–H groups in total. The van der Waals surface area contributed by atoms with Crippen LogP contribution in [0.25, 0.3) is 0 Å². The second kappa shape index (κ2) is 10.1. The number of aliphatic hydroxyl groups is 1. The average Bonchev–Trinajstić information content (AvgIpc) is 2.64. The van der Waals surface area contributed by atoms with Crippen LogP contribution >= 0.6 is 0 Å². The summed E-state index contributed by atoms with van der Waals surface area (Å²) in [5.41, 5.74) is 2.49. The predicted octanol–water partition coefficient (Wildman–Crippen LogP) is 2.32. The smallest absolute Gasteiger partial charge is 0.119 e. The number of aliphatic hydroxyl groups excluding tert-OH is 1. The zero-order valence-electron chi connectivity index (χ0n) is 14.6. The summed E-state index contributed by atoms with van der Waals surface area (Å²) in [5, 5.41) is 13.0. The minimum atomic E-state index is 0.0528. The van der Waals surface area contributed by atoms with E-state index >= 15 is 0 Å². The Labute approximate surface area is 145 Å². The molecular weight excluding hydrogens is 300 g/mol. The highest BCUT2D eigenvalue weighted by Crippen LogP contribution is 2.12. The van der Waals surface area contributed by atoms with E-state index in [1.807, 2.05) is 24.3 Å². The third-order valence-electron chi connectivity index (χ3n) is 4.11. The van der Waals surface area contributed by atoms with Crippen molar-refractivity contribution in [1.29, 1.82) is 0 Å². The maximum Gasteiger partial charge on any atom is 0.119 e. The predicted molar refractivity (Wildman–Crippen MR) is 98.4 cm³/mol. The van der Waals surface area contributed by atoms with Crippen molar-refractivity contribution < 1.29 is 9.84 Å². The van der Waals surface area contributed by atoms with E-state index in [1.54, 1.807) is 7.11 Å². The molecule has 2 aromatic rings. The Bertz CT molecular complexity index is 589. The summed E-state index contributed by atoms with van der Waals surface area (Å²) >= 11 is 0. The molecule has 4 heteroatoms. The molecule has 1 atom stereocenters. The van der Waals surface area contributed by atoms with Crippen molar-refractivity contribution in [2.45, 2.75) is 19.0 Å². The molecule has 0 saturated heterocycles. The minimum Gasteiger partial charge on any atom is -0.497 e. The topological polar surface area (TPSA) is 44.7 Å². The first kappa shape index (κ1) is 18.5. The first-order chi connectivity index (χ1) is 11.7. The molecule has 0 aliphatic heterocycles. The highest BCUT2D eigenvalue weighted by molar-refractivity contribution is 5.28. The van der Waals surface area contributed by atoms with E-state index in [0.717, 1.165) is 37.4 Å². The summed E-state index contributed by atoms with van der Waals surface area (Å²) in [7, 11) is 3.77. The van der Waals surface area contributed by atoms with Crippen molar-refractivity contribution >= 4 is 0 Å². The highest BCUT2D eigenvalue weighted by Gasteiger charge is 2.10. The van der Waals surface area contributed by atoms with Crippen molar-refractivity contribution in [1.82, 2.24) is 10.2 Å². The molecule has 0 aliphatic rings. The third kappa shape index (κ3) is 6.32. The van der Waals surface area contributed by atoms with E-state index in [9.17, 15) is 5.11 Å². The summed E-state index contributed by atoms with van der Waals surface area (Å²) in [4.78, 5) is 2.26. The molecule has 130 valence electrons. The first-order valence-corrected chi connectivity index (χ1v) is 8.41. The van der Waals surface area contributed by atoms with Crippen molar-refractivity contribution in [2.75, 3.05) is 33.9 Å². The Kier molecular flexibility index (Phi) is 7.75. The number of nitrogens with one attached hydrogen (secondary N) is 1. The van der Waals surface area contributed by atoms with Crippen LogP contribution in [0.15, 0.2) is 54.6 Å². The molecule has 0 bridgehead atoms. The fourth-order valence-electron chi connectivity index (χ4n) is 2.66. The lowest BCUT2D eigenvalue weighted by Crippen LogP contribution is -2.42. The second-order valence-corrected chi connectivity index (χ2v) is 6.11. The fourth-order valence-corrected chi connectivity index (χ4v) is 2.66. The summed E-state index contributed by atoms with van der Waals surface area (Å²) < 4.78 is 5.24. The maximum atomic E-state index is 9.63. The van der Waals surface area contributed by atoms with Crippen LogP contribution in [0, 0.1) is 0 Å². The van der Waals surface area contributed by atoms with Crippen molar-refractivity contribution in [3.63, 3.8) is 0 Å². The van der Waals surface area contributed by atoms with Crippen LogP contribution in [-0.2, 0) is 13.0 Å². The number of rotatable bonds is 10. The lowest BCUT2D eigenvalue weighted by atomic mass is 10.1. The van der Waals surface area contributed by atoms with Gasteiger partial charge in [-0.15, -0.1) is 0 Å². The van der Waals surface area contributed by atoms with Gasteiger partial charge in [-0.25, -0.2) is 0 Å². The molecule has 0 unspecified atom stereocenters. The SMILES string of the molecule is COc1cccc(CN[C@H](CO)CN(C)CCc2ccccc2)c1. The molecule has 24 heavy (non-hydrogen) atoms. The minimum absolute atomic E-state index is 0.0528. The Morgan fingerprint density at radius 3 is 2.54 bits per heavy atom. The molecule has 2 aromatic carbocycles. The van der Waals surface area contributed by atoms with E-state index in [0.29, 0.717) is 0 Å². The van der Waals surface area contributed by atoms with Crippen LogP contribution in [0.2, 0.25) is 0 Å². The van der Waals surface area contributed by atoms with E-state index in [1.165, 1.54) is 5.56 Å². The molecule has 4 nitrogen and oxygen atoms in total. The van der Waals surface area contributed by atoms with Gasteiger partial charge in [0.05, 0.1) is 13.7 Å². The molecule has 0 saturated carbocycles. The van der Waals surface area contributed by atoms with Crippen LogP contribution in [0.1, 0.15) is 11.1 Å². The van der Waals surface area contributed by atoms with Crippen molar-refractivity contribution in [3.05, 3.63) is 65.7 Å². The van der Waals surface area contributed by atoms with Crippen molar-refractivity contribution in [2.24, 2.45) is 0 Å². The van der Waals surface area contributed by atoms with Crippen molar-refractivity contribution in [3.8, 4) is 5.75 Å². The van der Waals surface area contributed by atoms with E-state index < -0.39 is 0 Å². The second-order valence-electron chi connectivity index (χ2n) is 6.11. The third-order valence-corrected chi connectivity index (χ3v) is 4.11. The van der Waals surface area contributed by atoms with Crippen LogP contribution in [0.3, 0.4) is 0 Å². The number of hydrogen-bond acceptors (Lipinski definition) is 4. The molecule has 0 fully saturated rings. The summed E-state index contributed by atoms with van der Waals surface area (Å²) in [5.74, 6) is 0.856. The standard InChI is InChI=1S/C20H28N2O2/c1-22(12-11-17-7-4-3-5-8-17)15-19(16-23)21-14-18-9-6-10-20(13-18)24-2/h3-10,13,19,21,23H,11-12,14-16H2,1-2H3/t19-/m0/s1. The van der Waals surface area contributed by atoms with Gasteiger partial charge in [-0.3, -0.25) is 0 Å². The highest BCUT2D eigenvalue weighted by atomic mass is 16.5. The number of benzene rings is 2. The zero-order valence-corrected chi connectivity index (χ0v) is 14.6. The monoisotopic (exact) mass is 328 g/mol. The van der Waals surface area contributed by atoms with Gasteiger partial charge in [-0.1, -0.05) is 42.5 Å². The van der Waals surface area contributed by atoms with Gasteiger partial charge in [0.1, 0.15) is 5.75 Å². The zero-order chi connectivity index (χ0) is 17.2. The Morgan fingerprint density at radius 2 is 1.83 bits per heavy atom. The molecule has 0 aliphatic carbocycles. The summed E-state index contributed by atoms with van der Waals surface area (Å²) in [6.07, 6.45) is 1.02. The lowest BCUT2D eigenvalue weighted by Gasteiger charge is -2.24. The quantitative estimate of drug-likeness (QED) is 0.703. The summed E-state index contributed by atoms with van der Waals surface area (Å²) in [6.45, 7) is 2.63. The van der Waals surface area contributed by atoms with Gasteiger partial charge in [0.25, 0.3) is 0 Å². The molecule has 0 radical (unpaired) electrons. The molecular formula is C20H28N2O2. The number of ether oxygens (including phenoxy) is 1. The van der Waals surface area contributed by atoms with Gasteiger partial charge in [-0.05, 0) is 36.7 Å². The molecule has 0 spiro atoms. The largest absolute Gasteiger partial charge is 0.497 e. The molecule has 0 amide bonds. The fraction of sp³-hybridized carbons (Fsp3) is 0.400. The van der Waals surface area contributed by atoms with Crippen LogP contribution in [0.5, 0.6) is 5.75 Å². The first-order valence-electron chi connectivity index (χ1n) is 8.41. The summed E-state index contributed by atoms with van der Waals surface area (Å²) in [6, 6.07) is 18.5. The van der Waals surface area contributed by atoms with Crippen LogP contribution in [-0.4, -0.2) is 49.9 Å². The van der Waals surface area contributed by atoms with E-state index in [2.05, 4.69) is 47.6 Å². The Hall–Kier alpha value is -1.88. The molecule has 0 aromatic heterocycles. The number of hydrogen-bond donors (Lipinski definition) is 2. The van der Waals surface area contributed by atoms with Gasteiger partial charge in [-0.2, -0.15) is 0 Å². The van der Waals surface area contributed by atoms with Gasteiger partial charge in [0.15, 0.2) is 0 Å². The van der Waals surface area contributed by atoms with Gasteiger partial charge >= 0.3 is 0 Å². The lowest BCUT2D eigenvalue weighted by molar-refractivity contribution is 0.198. The number of likely N-dealkylation sites (N-methyl/N-ethyl adjacent to an activating group) is 1. The van der Waals surface area contributed by atoms with E-state index in [-0.39, 0.29) is 12.6 Å². The van der Waals surface area contributed by atoms with Gasteiger partial charge in [0, 0.05) is 25.7 Å². The van der Waals surface area contributed by atoms with E-state index in [4.69, 9.17) is 4.74 Å². The maximum absolute atomic E-state index is 9.63.